The molecule has 10 nitrogen and oxygen atoms in total. The number of rotatable bonds is 8. The van der Waals surface area contributed by atoms with E-state index >= 15 is 0 Å². The van der Waals surface area contributed by atoms with Crippen LogP contribution in [0.4, 0.5) is 11.4 Å². The summed E-state index contributed by atoms with van der Waals surface area (Å²) in [6.07, 6.45) is 0. The molecule has 0 aliphatic rings. The van der Waals surface area contributed by atoms with Gasteiger partial charge < -0.3 is 15.2 Å². The SMILES string of the molecule is Cc1cc([N+](=O)[O-])ccc1NC(=O)CSc1nnc(CNC(=O)c2ccc(Cl)c(Cl)c2)n1C. The first-order valence-electron chi connectivity index (χ1n) is 9.45. The van der Waals surface area contributed by atoms with E-state index in [1.165, 1.54) is 36.0 Å². The Labute approximate surface area is 202 Å². The maximum Gasteiger partial charge on any atom is 0.269 e. The monoisotopic (exact) mass is 508 g/mol. The second-order valence-electron chi connectivity index (χ2n) is 6.86. The standard InChI is InChI=1S/C20H18Cl2N6O4S/c1-11-7-13(28(31)32)4-6-16(11)24-18(29)10-33-20-26-25-17(27(20)2)9-23-19(30)12-3-5-14(21)15(22)8-12/h3-8H,9-10H2,1-2H3,(H,23,30)(H,24,29). The van der Waals surface area contributed by atoms with Gasteiger partial charge in [0.15, 0.2) is 11.0 Å². The Morgan fingerprint density at radius 2 is 1.91 bits per heavy atom. The lowest BCUT2D eigenvalue weighted by atomic mass is 10.2. The van der Waals surface area contributed by atoms with Gasteiger partial charge in [0.25, 0.3) is 11.6 Å². The number of halogens is 2. The minimum Gasteiger partial charge on any atom is -0.345 e. The van der Waals surface area contributed by atoms with E-state index in [9.17, 15) is 19.7 Å². The fourth-order valence-electron chi connectivity index (χ4n) is 2.74. The normalized spacial score (nSPS) is 10.7. The molecule has 0 bridgehead atoms. The molecule has 0 radical (unpaired) electrons. The molecule has 172 valence electrons. The molecule has 2 amide bonds. The summed E-state index contributed by atoms with van der Waals surface area (Å²) < 4.78 is 1.67. The van der Waals surface area contributed by atoms with Crippen molar-refractivity contribution in [1.82, 2.24) is 20.1 Å². The zero-order chi connectivity index (χ0) is 24.1. The number of anilines is 1. The number of non-ortho nitro benzene ring substituents is 1. The Bertz CT molecular complexity index is 1230. The van der Waals surface area contributed by atoms with Crippen LogP contribution in [-0.2, 0) is 18.4 Å². The van der Waals surface area contributed by atoms with Crippen molar-refractivity contribution in [2.45, 2.75) is 18.6 Å². The Morgan fingerprint density at radius 1 is 1.15 bits per heavy atom. The second kappa shape index (κ2) is 10.6. The predicted octanol–water partition coefficient (Wildman–Crippen LogP) is 4.00. The lowest BCUT2D eigenvalue weighted by Gasteiger charge is -2.08. The van der Waals surface area contributed by atoms with Gasteiger partial charge in [0.2, 0.25) is 5.91 Å². The molecule has 0 saturated carbocycles. The van der Waals surface area contributed by atoms with Gasteiger partial charge in [0, 0.05) is 30.4 Å². The van der Waals surface area contributed by atoms with Crippen molar-refractivity contribution in [3.05, 3.63) is 73.5 Å². The highest BCUT2D eigenvalue weighted by Crippen LogP contribution is 2.23. The second-order valence-corrected chi connectivity index (χ2v) is 8.62. The summed E-state index contributed by atoms with van der Waals surface area (Å²) in [6, 6.07) is 8.79. The fraction of sp³-hybridized carbons (Fsp3) is 0.200. The smallest absolute Gasteiger partial charge is 0.269 e. The van der Waals surface area contributed by atoms with Gasteiger partial charge in [0.05, 0.1) is 27.3 Å². The first kappa shape index (κ1) is 24.5. The lowest BCUT2D eigenvalue weighted by molar-refractivity contribution is -0.384. The quantitative estimate of drug-likeness (QED) is 0.267. The van der Waals surface area contributed by atoms with Crippen molar-refractivity contribution >= 4 is 58.2 Å². The largest absolute Gasteiger partial charge is 0.345 e. The number of amides is 2. The molecule has 1 aromatic heterocycles. The van der Waals surface area contributed by atoms with Crippen molar-refractivity contribution in [3.63, 3.8) is 0 Å². The third-order valence-electron chi connectivity index (χ3n) is 4.54. The number of aryl methyl sites for hydroxylation is 1. The van der Waals surface area contributed by atoms with Crippen LogP contribution < -0.4 is 10.6 Å². The zero-order valence-electron chi connectivity index (χ0n) is 17.5. The molecule has 0 aliphatic carbocycles. The highest BCUT2D eigenvalue weighted by Gasteiger charge is 2.15. The summed E-state index contributed by atoms with van der Waals surface area (Å²) in [7, 11) is 1.72. The number of carbonyl (C=O) groups is 2. The number of aromatic nitrogens is 3. The molecule has 3 rings (SSSR count). The predicted molar refractivity (Wildman–Crippen MR) is 126 cm³/mol. The van der Waals surface area contributed by atoms with Crippen LogP contribution in [0.1, 0.15) is 21.7 Å². The number of nitrogens with one attached hydrogen (secondary N) is 2. The van der Waals surface area contributed by atoms with Crippen molar-refractivity contribution in [2.75, 3.05) is 11.1 Å². The number of nitro benzene ring substituents is 1. The van der Waals surface area contributed by atoms with Crippen LogP contribution in [0.3, 0.4) is 0 Å². The molecule has 1 heterocycles. The van der Waals surface area contributed by atoms with E-state index in [1.807, 2.05) is 0 Å². The number of benzene rings is 2. The Balaban J connectivity index is 1.54. The molecule has 0 unspecified atom stereocenters. The highest BCUT2D eigenvalue weighted by atomic mass is 35.5. The van der Waals surface area contributed by atoms with E-state index < -0.39 is 4.92 Å². The van der Waals surface area contributed by atoms with Crippen LogP contribution in [0.2, 0.25) is 10.0 Å². The van der Waals surface area contributed by atoms with E-state index in [0.717, 1.165) is 0 Å². The van der Waals surface area contributed by atoms with Crippen LogP contribution in [0.15, 0.2) is 41.6 Å². The lowest BCUT2D eigenvalue weighted by Crippen LogP contribution is -2.24. The molecule has 0 spiro atoms. The molecular weight excluding hydrogens is 491 g/mol. The van der Waals surface area contributed by atoms with Crippen LogP contribution in [0.5, 0.6) is 0 Å². The Kier molecular flexibility index (Phi) is 7.90. The average Bonchev–Trinajstić information content (AvgIpc) is 3.13. The third-order valence-corrected chi connectivity index (χ3v) is 6.30. The summed E-state index contributed by atoms with van der Waals surface area (Å²) in [5.74, 6) is -0.0894. The topological polar surface area (TPSA) is 132 Å². The Morgan fingerprint density at radius 3 is 2.58 bits per heavy atom. The van der Waals surface area contributed by atoms with Gasteiger partial charge in [-0.15, -0.1) is 10.2 Å². The van der Waals surface area contributed by atoms with Crippen LogP contribution in [-0.4, -0.2) is 37.3 Å². The number of nitro groups is 1. The maximum absolute atomic E-state index is 12.3. The fourth-order valence-corrected chi connectivity index (χ4v) is 3.77. The zero-order valence-corrected chi connectivity index (χ0v) is 19.8. The number of nitrogens with zero attached hydrogens (tertiary/aromatic N) is 4. The van der Waals surface area contributed by atoms with Gasteiger partial charge >= 0.3 is 0 Å². The summed E-state index contributed by atoms with van der Waals surface area (Å²) in [4.78, 5) is 34.9. The number of hydrogen-bond donors (Lipinski definition) is 2. The van der Waals surface area contributed by atoms with Crippen LogP contribution in [0.25, 0.3) is 0 Å². The van der Waals surface area contributed by atoms with Gasteiger partial charge in [-0.05, 0) is 36.8 Å². The molecule has 2 N–H and O–H groups in total. The molecule has 0 saturated heterocycles. The molecule has 3 aromatic rings. The van der Waals surface area contributed by atoms with E-state index in [1.54, 1.807) is 30.7 Å². The van der Waals surface area contributed by atoms with Crippen LogP contribution in [0, 0.1) is 17.0 Å². The van der Waals surface area contributed by atoms with E-state index in [2.05, 4.69) is 20.8 Å². The summed E-state index contributed by atoms with van der Waals surface area (Å²) in [5.41, 5.74) is 1.40. The molecule has 0 aliphatic heterocycles. The van der Waals surface area contributed by atoms with Gasteiger partial charge in [-0.25, -0.2) is 0 Å². The number of carbonyl (C=O) groups excluding carboxylic acids is 2. The van der Waals surface area contributed by atoms with E-state index in [4.69, 9.17) is 23.2 Å². The van der Waals surface area contributed by atoms with Gasteiger partial charge in [-0.3, -0.25) is 19.7 Å². The van der Waals surface area contributed by atoms with E-state index in [0.29, 0.717) is 32.8 Å². The molecular formula is C20H18Cl2N6O4S. The van der Waals surface area contributed by atoms with Crippen molar-refractivity contribution in [1.29, 1.82) is 0 Å². The summed E-state index contributed by atoms with van der Waals surface area (Å²) in [6.45, 7) is 1.80. The maximum atomic E-state index is 12.3. The summed E-state index contributed by atoms with van der Waals surface area (Å²) >= 11 is 13.0. The molecule has 33 heavy (non-hydrogen) atoms. The first-order valence-corrected chi connectivity index (χ1v) is 11.2. The molecule has 0 fully saturated rings. The van der Waals surface area contributed by atoms with Gasteiger partial charge in [0.1, 0.15) is 0 Å². The van der Waals surface area contributed by atoms with Crippen molar-refractivity contribution in [3.8, 4) is 0 Å². The van der Waals surface area contributed by atoms with E-state index in [-0.39, 0.29) is 34.8 Å². The van der Waals surface area contributed by atoms with Crippen molar-refractivity contribution in [2.24, 2.45) is 7.05 Å². The minimum absolute atomic E-state index is 0.0438. The molecule has 0 atom stereocenters. The third kappa shape index (κ3) is 6.21. The highest BCUT2D eigenvalue weighted by molar-refractivity contribution is 7.99. The molecule has 2 aromatic carbocycles. The molecule has 13 heteroatoms. The van der Waals surface area contributed by atoms with Crippen molar-refractivity contribution < 1.29 is 14.5 Å². The van der Waals surface area contributed by atoms with Crippen LogP contribution >= 0.6 is 35.0 Å². The minimum atomic E-state index is -0.493. The Hall–Kier alpha value is -3.15. The average molecular weight is 509 g/mol. The number of hydrogen-bond acceptors (Lipinski definition) is 7. The summed E-state index contributed by atoms with van der Waals surface area (Å²) in [5, 5.41) is 25.5. The van der Waals surface area contributed by atoms with Gasteiger partial charge in [-0.1, -0.05) is 35.0 Å². The first-order chi connectivity index (χ1) is 15.7. The number of thioether (sulfide) groups is 1. The van der Waals surface area contributed by atoms with Gasteiger partial charge in [-0.2, -0.15) is 0 Å².